The summed E-state index contributed by atoms with van der Waals surface area (Å²) in [4.78, 5) is 0. The minimum Gasteiger partial charge on any atom is -0.508 e. The molecule has 3 nitrogen and oxygen atoms in total. The van der Waals surface area contributed by atoms with E-state index in [1.807, 2.05) is 6.07 Å². The average molecular weight is 221 g/mol. The quantitative estimate of drug-likeness (QED) is 0.712. The molecule has 0 heterocycles. The fraction of sp³-hybridized carbons (Fsp3) is 0.538. The number of hydrogen-bond donors (Lipinski definition) is 3. The van der Waals surface area contributed by atoms with Crippen LogP contribution in [0, 0.1) is 5.92 Å². The van der Waals surface area contributed by atoms with Crippen molar-refractivity contribution in [2.24, 2.45) is 11.7 Å². The summed E-state index contributed by atoms with van der Waals surface area (Å²) in [6.45, 7) is 0.492. The van der Waals surface area contributed by atoms with Crippen molar-refractivity contribution in [1.29, 1.82) is 0 Å². The third-order valence-corrected chi connectivity index (χ3v) is 3.67. The van der Waals surface area contributed by atoms with Gasteiger partial charge in [0.1, 0.15) is 5.75 Å². The van der Waals surface area contributed by atoms with Crippen molar-refractivity contribution in [3.63, 3.8) is 0 Å². The van der Waals surface area contributed by atoms with Crippen LogP contribution in [0.3, 0.4) is 0 Å². The van der Waals surface area contributed by atoms with E-state index in [1.54, 1.807) is 18.2 Å². The van der Waals surface area contributed by atoms with Crippen LogP contribution in [0.15, 0.2) is 24.3 Å². The van der Waals surface area contributed by atoms with Crippen LogP contribution in [0.4, 0.5) is 0 Å². The van der Waals surface area contributed by atoms with Gasteiger partial charge < -0.3 is 15.9 Å². The highest BCUT2D eigenvalue weighted by Gasteiger charge is 2.39. The maximum Gasteiger partial charge on any atom is 0.115 e. The smallest absolute Gasteiger partial charge is 0.115 e. The van der Waals surface area contributed by atoms with Gasteiger partial charge in [-0.05, 0) is 37.1 Å². The lowest BCUT2D eigenvalue weighted by Gasteiger charge is -2.40. The van der Waals surface area contributed by atoms with Crippen molar-refractivity contribution in [2.45, 2.75) is 31.3 Å². The Bertz CT molecular complexity index is 367. The molecular formula is C13H19NO2. The van der Waals surface area contributed by atoms with E-state index in [0.29, 0.717) is 6.54 Å². The first kappa shape index (κ1) is 11.4. The zero-order chi connectivity index (χ0) is 11.6. The van der Waals surface area contributed by atoms with Crippen LogP contribution < -0.4 is 5.73 Å². The molecule has 1 aromatic rings. The average Bonchev–Trinajstić information content (AvgIpc) is 2.30. The lowest BCUT2D eigenvalue weighted by Crippen LogP contribution is -2.41. The minimum absolute atomic E-state index is 0.100. The van der Waals surface area contributed by atoms with E-state index in [9.17, 15) is 10.2 Å². The van der Waals surface area contributed by atoms with Gasteiger partial charge in [0.05, 0.1) is 5.60 Å². The molecule has 4 N–H and O–H groups in total. The first-order chi connectivity index (χ1) is 7.66. The molecule has 0 amide bonds. The molecule has 0 aliphatic heterocycles. The molecule has 2 rings (SSSR count). The summed E-state index contributed by atoms with van der Waals surface area (Å²) in [7, 11) is 0. The second kappa shape index (κ2) is 4.44. The maximum atomic E-state index is 10.7. The topological polar surface area (TPSA) is 66.5 Å². The molecule has 88 valence electrons. The Morgan fingerprint density at radius 1 is 1.38 bits per heavy atom. The van der Waals surface area contributed by atoms with Gasteiger partial charge in [0.25, 0.3) is 0 Å². The van der Waals surface area contributed by atoms with Crippen molar-refractivity contribution < 1.29 is 10.2 Å². The molecule has 1 aromatic carbocycles. The highest BCUT2D eigenvalue weighted by Crippen LogP contribution is 2.41. The molecule has 1 aliphatic rings. The summed E-state index contributed by atoms with van der Waals surface area (Å²) >= 11 is 0. The molecule has 0 bridgehead atoms. The van der Waals surface area contributed by atoms with Crippen LogP contribution in [0.25, 0.3) is 0 Å². The van der Waals surface area contributed by atoms with E-state index in [2.05, 4.69) is 0 Å². The van der Waals surface area contributed by atoms with Crippen LogP contribution >= 0.6 is 0 Å². The molecule has 0 radical (unpaired) electrons. The number of phenols is 1. The fourth-order valence-corrected chi connectivity index (χ4v) is 2.70. The predicted molar refractivity (Wildman–Crippen MR) is 63.0 cm³/mol. The summed E-state index contributed by atoms with van der Waals surface area (Å²) in [5.41, 5.74) is 5.67. The van der Waals surface area contributed by atoms with Crippen LogP contribution in [-0.4, -0.2) is 16.8 Å². The molecule has 1 aliphatic carbocycles. The third kappa shape index (κ3) is 1.93. The number of hydrogen-bond acceptors (Lipinski definition) is 3. The highest BCUT2D eigenvalue weighted by molar-refractivity contribution is 5.32. The van der Waals surface area contributed by atoms with Crippen molar-refractivity contribution in [1.82, 2.24) is 0 Å². The Labute approximate surface area is 95.9 Å². The number of aromatic hydroxyl groups is 1. The van der Waals surface area contributed by atoms with Gasteiger partial charge in [0, 0.05) is 5.92 Å². The van der Waals surface area contributed by atoms with Gasteiger partial charge in [-0.2, -0.15) is 0 Å². The second-order valence-electron chi connectivity index (χ2n) is 4.65. The highest BCUT2D eigenvalue weighted by atomic mass is 16.3. The van der Waals surface area contributed by atoms with Crippen molar-refractivity contribution in [3.8, 4) is 5.75 Å². The molecule has 1 saturated carbocycles. The first-order valence-electron chi connectivity index (χ1n) is 5.89. The lowest BCUT2D eigenvalue weighted by atomic mass is 9.71. The number of phenolic OH excluding ortho intramolecular Hbond substituents is 1. The number of benzene rings is 1. The monoisotopic (exact) mass is 221 g/mol. The van der Waals surface area contributed by atoms with E-state index in [0.717, 1.165) is 31.2 Å². The Balaban J connectivity index is 2.34. The van der Waals surface area contributed by atoms with Gasteiger partial charge >= 0.3 is 0 Å². The molecule has 16 heavy (non-hydrogen) atoms. The molecule has 0 spiro atoms. The molecular weight excluding hydrogens is 202 g/mol. The standard InChI is InChI=1S/C13H19NO2/c14-9-11-4-1-2-7-13(11,16)10-5-3-6-12(15)8-10/h3,5-6,8,11,15-16H,1-2,4,7,9,14H2/t11?,13-/m0/s1. The lowest BCUT2D eigenvalue weighted by molar-refractivity contribution is -0.0507. The van der Waals surface area contributed by atoms with Crippen LogP contribution in [0.5, 0.6) is 5.75 Å². The van der Waals surface area contributed by atoms with E-state index in [4.69, 9.17) is 5.73 Å². The maximum absolute atomic E-state index is 10.7. The number of aliphatic hydroxyl groups is 1. The summed E-state index contributed by atoms with van der Waals surface area (Å²) in [5.74, 6) is 0.301. The Morgan fingerprint density at radius 3 is 2.88 bits per heavy atom. The van der Waals surface area contributed by atoms with Gasteiger partial charge in [-0.15, -0.1) is 0 Å². The zero-order valence-electron chi connectivity index (χ0n) is 9.39. The summed E-state index contributed by atoms with van der Waals surface area (Å²) < 4.78 is 0. The summed E-state index contributed by atoms with van der Waals surface area (Å²) in [5, 5.41) is 20.2. The van der Waals surface area contributed by atoms with E-state index >= 15 is 0 Å². The van der Waals surface area contributed by atoms with Gasteiger partial charge in [-0.25, -0.2) is 0 Å². The number of rotatable bonds is 2. The third-order valence-electron chi connectivity index (χ3n) is 3.67. The van der Waals surface area contributed by atoms with Crippen molar-refractivity contribution in [2.75, 3.05) is 6.54 Å². The summed E-state index contributed by atoms with van der Waals surface area (Å²) in [6.07, 6.45) is 3.84. The predicted octanol–water partition coefficient (Wildman–Crippen LogP) is 1.73. The van der Waals surface area contributed by atoms with E-state index < -0.39 is 5.60 Å². The van der Waals surface area contributed by atoms with Crippen LogP contribution in [0.1, 0.15) is 31.2 Å². The minimum atomic E-state index is -0.855. The zero-order valence-corrected chi connectivity index (χ0v) is 9.39. The SMILES string of the molecule is NCC1CCCC[C@]1(O)c1cccc(O)c1. The number of nitrogens with two attached hydrogens (primary N) is 1. The van der Waals surface area contributed by atoms with Gasteiger partial charge in [-0.1, -0.05) is 25.0 Å². The van der Waals surface area contributed by atoms with E-state index in [1.165, 1.54) is 0 Å². The molecule has 1 unspecified atom stereocenters. The molecule has 1 fully saturated rings. The van der Waals surface area contributed by atoms with Crippen molar-refractivity contribution >= 4 is 0 Å². The molecule has 0 aromatic heterocycles. The Hall–Kier alpha value is -1.06. The van der Waals surface area contributed by atoms with Gasteiger partial charge in [-0.3, -0.25) is 0 Å². The second-order valence-corrected chi connectivity index (χ2v) is 4.65. The van der Waals surface area contributed by atoms with Gasteiger partial charge in [0.2, 0.25) is 0 Å². The Kier molecular flexibility index (Phi) is 3.17. The normalized spacial score (nSPS) is 30.2. The van der Waals surface area contributed by atoms with Crippen LogP contribution in [-0.2, 0) is 5.60 Å². The molecule has 3 heteroatoms. The Morgan fingerprint density at radius 2 is 2.19 bits per heavy atom. The van der Waals surface area contributed by atoms with Crippen molar-refractivity contribution in [3.05, 3.63) is 29.8 Å². The summed E-state index contributed by atoms with van der Waals surface area (Å²) in [6, 6.07) is 6.90. The first-order valence-corrected chi connectivity index (χ1v) is 5.89. The van der Waals surface area contributed by atoms with Gasteiger partial charge in [0.15, 0.2) is 0 Å². The molecule has 2 atom stereocenters. The largest absolute Gasteiger partial charge is 0.508 e. The molecule has 0 saturated heterocycles. The van der Waals surface area contributed by atoms with E-state index in [-0.39, 0.29) is 11.7 Å². The fourth-order valence-electron chi connectivity index (χ4n) is 2.70. The van der Waals surface area contributed by atoms with Crippen LogP contribution in [0.2, 0.25) is 0 Å².